The van der Waals surface area contributed by atoms with Gasteiger partial charge < -0.3 is 4.90 Å². The summed E-state index contributed by atoms with van der Waals surface area (Å²) in [5, 5.41) is 9.21. The van der Waals surface area contributed by atoms with Crippen molar-refractivity contribution in [2.75, 3.05) is 7.05 Å². The van der Waals surface area contributed by atoms with Crippen LogP contribution in [0.25, 0.3) is 6.08 Å². The molecule has 2 rings (SSSR count). The summed E-state index contributed by atoms with van der Waals surface area (Å²) in [7, 11) is 1.70. The van der Waals surface area contributed by atoms with E-state index in [1.807, 2.05) is 66.7 Å². The van der Waals surface area contributed by atoms with E-state index in [9.17, 15) is 10.1 Å². The number of nitriles is 1. The van der Waals surface area contributed by atoms with Crippen molar-refractivity contribution < 1.29 is 4.79 Å². The van der Waals surface area contributed by atoms with E-state index in [0.29, 0.717) is 6.54 Å². The molecule has 0 bridgehead atoms. The van der Waals surface area contributed by atoms with Gasteiger partial charge in [-0.1, -0.05) is 60.7 Å². The van der Waals surface area contributed by atoms with Gasteiger partial charge in [-0.25, -0.2) is 0 Å². The standard InChI is InChI=1S/C18H16N2O/c1-20(14-16-10-6-3-7-11-16)18(21)17(13-19)12-15-8-4-2-5-9-15/h2-12H,14H2,1H3/b17-12+. The van der Waals surface area contributed by atoms with Crippen LogP contribution in [0.5, 0.6) is 0 Å². The van der Waals surface area contributed by atoms with Crippen LogP contribution >= 0.6 is 0 Å². The smallest absolute Gasteiger partial charge is 0.264 e. The molecule has 0 spiro atoms. The number of nitrogens with zero attached hydrogens (tertiary/aromatic N) is 2. The first-order valence-electron chi connectivity index (χ1n) is 6.67. The Morgan fingerprint density at radius 1 is 1.10 bits per heavy atom. The molecule has 0 radical (unpaired) electrons. The van der Waals surface area contributed by atoms with Crippen molar-refractivity contribution in [1.29, 1.82) is 5.26 Å². The van der Waals surface area contributed by atoms with Crippen molar-refractivity contribution in [3.05, 3.63) is 77.4 Å². The summed E-state index contributed by atoms with van der Waals surface area (Å²) in [5.41, 5.74) is 2.01. The van der Waals surface area contributed by atoms with Gasteiger partial charge in [0.05, 0.1) is 0 Å². The average Bonchev–Trinajstić information content (AvgIpc) is 2.54. The van der Waals surface area contributed by atoms with Gasteiger partial charge >= 0.3 is 0 Å². The highest BCUT2D eigenvalue weighted by Gasteiger charge is 2.14. The lowest BCUT2D eigenvalue weighted by molar-refractivity contribution is -0.125. The maximum Gasteiger partial charge on any atom is 0.264 e. The lowest BCUT2D eigenvalue weighted by atomic mass is 10.1. The molecule has 0 heterocycles. The Hall–Kier alpha value is -2.86. The van der Waals surface area contributed by atoms with E-state index < -0.39 is 0 Å². The largest absolute Gasteiger partial charge is 0.337 e. The topological polar surface area (TPSA) is 44.1 Å². The third-order valence-corrected chi connectivity index (χ3v) is 3.07. The molecule has 0 saturated carbocycles. The fourth-order valence-electron chi connectivity index (χ4n) is 1.99. The summed E-state index contributed by atoms with van der Waals surface area (Å²) in [6, 6.07) is 21.1. The second-order valence-electron chi connectivity index (χ2n) is 4.73. The SMILES string of the molecule is CN(Cc1ccccc1)C(=O)/C(C#N)=C/c1ccccc1. The first-order valence-corrected chi connectivity index (χ1v) is 6.67. The second kappa shape index (κ2) is 7.06. The average molecular weight is 276 g/mol. The van der Waals surface area contributed by atoms with Crippen molar-refractivity contribution in [1.82, 2.24) is 4.90 Å². The minimum absolute atomic E-state index is 0.139. The molecule has 104 valence electrons. The summed E-state index contributed by atoms with van der Waals surface area (Å²) in [4.78, 5) is 13.9. The van der Waals surface area contributed by atoms with Gasteiger partial charge in [-0.05, 0) is 17.2 Å². The number of hydrogen-bond acceptors (Lipinski definition) is 2. The fourth-order valence-corrected chi connectivity index (χ4v) is 1.99. The minimum atomic E-state index is -0.273. The van der Waals surface area contributed by atoms with E-state index in [4.69, 9.17) is 0 Å². The predicted molar refractivity (Wildman–Crippen MR) is 82.9 cm³/mol. The van der Waals surface area contributed by atoms with Crippen molar-refractivity contribution >= 4 is 12.0 Å². The van der Waals surface area contributed by atoms with E-state index in [1.54, 1.807) is 18.0 Å². The molecule has 0 aliphatic heterocycles. The highest BCUT2D eigenvalue weighted by Crippen LogP contribution is 2.10. The minimum Gasteiger partial charge on any atom is -0.337 e. The van der Waals surface area contributed by atoms with Crippen LogP contribution in [0.15, 0.2) is 66.2 Å². The number of carbonyl (C=O) groups excluding carboxylic acids is 1. The highest BCUT2D eigenvalue weighted by atomic mass is 16.2. The molecule has 21 heavy (non-hydrogen) atoms. The lowest BCUT2D eigenvalue weighted by Crippen LogP contribution is -2.27. The van der Waals surface area contributed by atoms with E-state index in [0.717, 1.165) is 11.1 Å². The van der Waals surface area contributed by atoms with Gasteiger partial charge in [0, 0.05) is 13.6 Å². The molecule has 0 unspecified atom stereocenters. The summed E-state index contributed by atoms with van der Waals surface area (Å²) in [6.07, 6.45) is 1.61. The van der Waals surface area contributed by atoms with Crippen molar-refractivity contribution in [3.63, 3.8) is 0 Å². The van der Waals surface area contributed by atoms with Crippen molar-refractivity contribution in [2.45, 2.75) is 6.54 Å². The van der Waals surface area contributed by atoms with Crippen LogP contribution in [0.1, 0.15) is 11.1 Å². The lowest BCUT2D eigenvalue weighted by Gasteiger charge is -2.16. The molecule has 0 aromatic heterocycles. The van der Waals surface area contributed by atoms with Gasteiger partial charge in [0.15, 0.2) is 0 Å². The van der Waals surface area contributed by atoms with E-state index >= 15 is 0 Å². The van der Waals surface area contributed by atoms with E-state index in [-0.39, 0.29) is 11.5 Å². The van der Waals surface area contributed by atoms with Crippen LogP contribution in [-0.4, -0.2) is 17.9 Å². The Balaban J connectivity index is 2.13. The molecular weight excluding hydrogens is 260 g/mol. The van der Waals surface area contributed by atoms with Crippen molar-refractivity contribution in [3.8, 4) is 6.07 Å². The van der Waals surface area contributed by atoms with Crippen LogP contribution in [0, 0.1) is 11.3 Å². The van der Waals surface area contributed by atoms with E-state index in [1.165, 1.54) is 0 Å². The Bertz CT molecular complexity index is 669. The highest BCUT2D eigenvalue weighted by molar-refractivity contribution is 6.01. The molecule has 0 atom stereocenters. The second-order valence-corrected chi connectivity index (χ2v) is 4.73. The maximum atomic E-state index is 12.3. The van der Waals surface area contributed by atoms with Crippen molar-refractivity contribution in [2.24, 2.45) is 0 Å². The fraction of sp³-hybridized carbons (Fsp3) is 0.111. The zero-order valence-electron chi connectivity index (χ0n) is 11.9. The van der Waals surface area contributed by atoms with E-state index in [2.05, 4.69) is 0 Å². The first kappa shape index (κ1) is 14.5. The molecule has 0 saturated heterocycles. The number of benzene rings is 2. The molecule has 0 aliphatic rings. The molecule has 3 heteroatoms. The molecular formula is C18H16N2O. The van der Waals surface area contributed by atoms with Gasteiger partial charge in [-0.2, -0.15) is 5.26 Å². The molecule has 0 fully saturated rings. The monoisotopic (exact) mass is 276 g/mol. The van der Waals surface area contributed by atoms with Gasteiger partial charge in [-0.3, -0.25) is 4.79 Å². The van der Waals surface area contributed by atoms with Crippen LogP contribution in [-0.2, 0) is 11.3 Å². The predicted octanol–water partition coefficient (Wildman–Crippen LogP) is 3.25. The van der Waals surface area contributed by atoms with Crippen LogP contribution in [0.2, 0.25) is 0 Å². The zero-order chi connectivity index (χ0) is 15.1. The van der Waals surface area contributed by atoms with Crippen LogP contribution in [0.4, 0.5) is 0 Å². The van der Waals surface area contributed by atoms with Gasteiger partial charge in [0.1, 0.15) is 11.6 Å². The maximum absolute atomic E-state index is 12.3. The summed E-state index contributed by atoms with van der Waals surface area (Å²) >= 11 is 0. The third kappa shape index (κ3) is 4.05. The first-order chi connectivity index (χ1) is 10.2. The quantitative estimate of drug-likeness (QED) is 0.635. The molecule has 2 aromatic carbocycles. The van der Waals surface area contributed by atoms with Gasteiger partial charge in [-0.15, -0.1) is 0 Å². The molecule has 3 nitrogen and oxygen atoms in total. The molecule has 1 amide bonds. The Morgan fingerprint density at radius 2 is 1.67 bits per heavy atom. The normalized spacial score (nSPS) is 10.8. The molecule has 0 aliphatic carbocycles. The Labute approximate surface area is 124 Å². The Kier molecular flexibility index (Phi) is 4.89. The summed E-state index contributed by atoms with van der Waals surface area (Å²) < 4.78 is 0. The van der Waals surface area contributed by atoms with Crippen LogP contribution in [0.3, 0.4) is 0 Å². The van der Waals surface area contributed by atoms with Crippen LogP contribution < -0.4 is 0 Å². The number of amides is 1. The number of rotatable bonds is 4. The third-order valence-electron chi connectivity index (χ3n) is 3.07. The number of carbonyl (C=O) groups is 1. The van der Waals surface area contributed by atoms with Gasteiger partial charge in [0.25, 0.3) is 5.91 Å². The summed E-state index contributed by atoms with van der Waals surface area (Å²) in [6.45, 7) is 0.480. The molecule has 0 N–H and O–H groups in total. The number of likely N-dealkylation sites (N-methyl/N-ethyl adjacent to an activating group) is 1. The zero-order valence-corrected chi connectivity index (χ0v) is 11.9. The summed E-state index contributed by atoms with van der Waals surface area (Å²) in [5.74, 6) is -0.273. The van der Waals surface area contributed by atoms with Gasteiger partial charge in [0.2, 0.25) is 0 Å². The number of hydrogen-bond donors (Lipinski definition) is 0. The molecule has 2 aromatic rings. The Morgan fingerprint density at radius 3 is 2.24 bits per heavy atom.